The molecular formula is C12H9N5O4. The summed E-state index contributed by atoms with van der Waals surface area (Å²) in [5.41, 5.74) is 0.625. The molecular weight excluding hydrogens is 278 g/mol. The normalized spacial score (nSPS) is 16.6. The number of hydrogen-bond acceptors (Lipinski definition) is 6. The predicted octanol–water partition coefficient (Wildman–Crippen LogP) is 1.17. The van der Waals surface area contributed by atoms with Crippen LogP contribution >= 0.6 is 0 Å². The van der Waals surface area contributed by atoms with Crippen LogP contribution in [0.15, 0.2) is 42.4 Å². The van der Waals surface area contributed by atoms with E-state index in [1.807, 2.05) is 0 Å². The van der Waals surface area contributed by atoms with Gasteiger partial charge < -0.3 is 10.4 Å². The number of nitrogens with one attached hydrogen (secondary N) is 1. The van der Waals surface area contributed by atoms with Crippen molar-refractivity contribution in [1.82, 2.24) is 14.8 Å². The van der Waals surface area contributed by atoms with Crippen molar-refractivity contribution >= 4 is 17.6 Å². The minimum Gasteiger partial charge on any atom is -0.477 e. The summed E-state index contributed by atoms with van der Waals surface area (Å²) in [6, 6.07) is 5.37. The number of non-ortho nitro benzene ring substituents is 1. The average molecular weight is 287 g/mol. The Morgan fingerprint density at radius 2 is 2.10 bits per heavy atom. The largest absolute Gasteiger partial charge is 0.477 e. The summed E-state index contributed by atoms with van der Waals surface area (Å²) in [5.74, 6) is -0.811. The Labute approximate surface area is 117 Å². The number of nitro benzene ring substituents is 1. The van der Waals surface area contributed by atoms with Crippen LogP contribution in [0.4, 0.5) is 11.6 Å². The van der Waals surface area contributed by atoms with Crippen LogP contribution in [-0.2, 0) is 4.79 Å². The number of carbonyl (C=O) groups is 1. The third kappa shape index (κ3) is 2.20. The van der Waals surface area contributed by atoms with Crippen molar-refractivity contribution in [2.45, 2.75) is 6.04 Å². The maximum Gasteiger partial charge on any atom is 0.352 e. The van der Waals surface area contributed by atoms with Crippen LogP contribution in [0.1, 0.15) is 11.6 Å². The molecule has 1 atom stereocenters. The van der Waals surface area contributed by atoms with E-state index < -0.39 is 16.9 Å². The van der Waals surface area contributed by atoms with Crippen LogP contribution in [0.25, 0.3) is 0 Å². The molecule has 0 radical (unpaired) electrons. The highest BCUT2D eigenvalue weighted by Gasteiger charge is 2.25. The van der Waals surface area contributed by atoms with Crippen molar-refractivity contribution < 1.29 is 14.8 Å². The van der Waals surface area contributed by atoms with E-state index in [1.165, 1.54) is 29.2 Å². The number of allylic oxidation sites excluding steroid dienone is 1. The van der Waals surface area contributed by atoms with Gasteiger partial charge in [0.25, 0.3) is 5.69 Å². The van der Waals surface area contributed by atoms with Crippen LogP contribution < -0.4 is 5.32 Å². The van der Waals surface area contributed by atoms with Gasteiger partial charge >= 0.3 is 5.97 Å². The van der Waals surface area contributed by atoms with E-state index in [-0.39, 0.29) is 11.4 Å². The average Bonchev–Trinajstić information content (AvgIpc) is 2.94. The van der Waals surface area contributed by atoms with E-state index in [1.54, 1.807) is 12.1 Å². The van der Waals surface area contributed by atoms with Gasteiger partial charge in [0.05, 0.1) is 4.92 Å². The number of anilines is 1. The van der Waals surface area contributed by atoms with Crippen LogP contribution in [0.5, 0.6) is 0 Å². The molecule has 2 heterocycles. The first-order valence-corrected chi connectivity index (χ1v) is 5.92. The fraction of sp³-hybridized carbons (Fsp3) is 0.0833. The fourth-order valence-electron chi connectivity index (χ4n) is 2.09. The van der Waals surface area contributed by atoms with Crippen LogP contribution in [-0.4, -0.2) is 30.8 Å². The highest BCUT2D eigenvalue weighted by atomic mass is 16.6. The number of nitrogens with zero attached hydrogens (tertiary/aromatic N) is 4. The first kappa shape index (κ1) is 12.8. The van der Waals surface area contributed by atoms with Crippen LogP contribution in [0, 0.1) is 10.1 Å². The van der Waals surface area contributed by atoms with E-state index in [9.17, 15) is 14.9 Å². The zero-order valence-corrected chi connectivity index (χ0v) is 10.5. The molecule has 2 aromatic rings. The molecule has 0 bridgehead atoms. The summed E-state index contributed by atoms with van der Waals surface area (Å²) < 4.78 is 1.51. The third-order valence-electron chi connectivity index (χ3n) is 3.08. The second-order valence-electron chi connectivity index (χ2n) is 4.33. The second kappa shape index (κ2) is 4.71. The molecule has 9 nitrogen and oxygen atoms in total. The topological polar surface area (TPSA) is 123 Å². The highest BCUT2D eigenvalue weighted by molar-refractivity contribution is 5.90. The molecule has 0 spiro atoms. The number of hydrogen-bond donors (Lipinski definition) is 2. The maximum atomic E-state index is 11.1. The summed E-state index contributed by atoms with van der Waals surface area (Å²) in [6.45, 7) is 0. The zero-order valence-electron chi connectivity index (χ0n) is 10.5. The minimum atomic E-state index is -1.11. The maximum absolute atomic E-state index is 11.1. The molecule has 3 rings (SSSR count). The van der Waals surface area contributed by atoms with Gasteiger partial charge in [-0.05, 0) is 23.8 Å². The second-order valence-corrected chi connectivity index (χ2v) is 4.33. The lowest BCUT2D eigenvalue weighted by molar-refractivity contribution is -0.384. The number of carboxylic acid groups (broad SMARTS) is 1. The fourth-order valence-corrected chi connectivity index (χ4v) is 2.09. The van der Waals surface area contributed by atoms with Gasteiger partial charge in [-0.3, -0.25) is 10.1 Å². The first-order chi connectivity index (χ1) is 10.1. The van der Waals surface area contributed by atoms with Gasteiger partial charge in [0, 0.05) is 12.1 Å². The van der Waals surface area contributed by atoms with Gasteiger partial charge in [0.2, 0.25) is 5.95 Å². The molecule has 1 aromatic heterocycles. The standard InChI is InChI=1S/C12H9N5O4/c18-11(19)9-5-10(16-12(15-9)13-6-14-16)7-1-3-8(4-2-7)17(20)21/h1-6,10H,(H,18,19)(H,13,14,15). The molecule has 1 aliphatic heterocycles. The Morgan fingerprint density at radius 1 is 1.38 bits per heavy atom. The van der Waals surface area contributed by atoms with Crippen molar-refractivity contribution in [2.75, 3.05) is 5.32 Å². The van der Waals surface area contributed by atoms with Gasteiger partial charge in [-0.2, -0.15) is 10.1 Å². The Morgan fingerprint density at radius 3 is 2.71 bits per heavy atom. The Hall–Kier alpha value is -3.23. The van der Waals surface area contributed by atoms with E-state index in [0.29, 0.717) is 11.5 Å². The molecule has 1 aromatic carbocycles. The van der Waals surface area contributed by atoms with Crippen molar-refractivity contribution in [3.63, 3.8) is 0 Å². The molecule has 0 amide bonds. The van der Waals surface area contributed by atoms with Crippen LogP contribution in [0.2, 0.25) is 0 Å². The van der Waals surface area contributed by atoms with E-state index in [2.05, 4.69) is 15.4 Å². The number of benzene rings is 1. The predicted molar refractivity (Wildman–Crippen MR) is 70.6 cm³/mol. The molecule has 0 aliphatic carbocycles. The molecule has 2 N–H and O–H groups in total. The highest BCUT2D eigenvalue weighted by Crippen LogP contribution is 2.29. The quantitative estimate of drug-likeness (QED) is 0.641. The monoisotopic (exact) mass is 287 g/mol. The number of rotatable bonds is 3. The summed E-state index contributed by atoms with van der Waals surface area (Å²) in [5, 5.41) is 26.5. The van der Waals surface area contributed by atoms with Gasteiger partial charge in [-0.15, -0.1) is 0 Å². The Balaban J connectivity index is 2.04. The van der Waals surface area contributed by atoms with Crippen molar-refractivity contribution in [2.24, 2.45) is 0 Å². The summed E-state index contributed by atoms with van der Waals surface area (Å²) in [7, 11) is 0. The summed E-state index contributed by atoms with van der Waals surface area (Å²) >= 11 is 0. The molecule has 9 heteroatoms. The number of aliphatic carboxylic acids is 1. The molecule has 1 aliphatic rings. The summed E-state index contributed by atoms with van der Waals surface area (Å²) in [6.07, 6.45) is 2.78. The lowest BCUT2D eigenvalue weighted by Gasteiger charge is -2.22. The van der Waals surface area contributed by atoms with Gasteiger partial charge in [0.1, 0.15) is 18.1 Å². The first-order valence-electron chi connectivity index (χ1n) is 5.92. The smallest absolute Gasteiger partial charge is 0.352 e. The van der Waals surface area contributed by atoms with Crippen molar-refractivity contribution in [3.8, 4) is 0 Å². The number of aromatic nitrogens is 3. The molecule has 0 fully saturated rings. The molecule has 0 saturated carbocycles. The Kier molecular flexibility index (Phi) is 2.87. The lowest BCUT2D eigenvalue weighted by Crippen LogP contribution is -2.24. The van der Waals surface area contributed by atoms with E-state index >= 15 is 0 Å². The Bertz CT molecular complexity index is 749. The number of carboxylic acids is 1. The van der Waals surface area contributed by atoms with Crippen molar-refractivity contribution in [3.05, 3.63) is 58.0 Å². The number of fused-ring (bicyclic) bond motifs is 1. The molecule has 106 valence electrons. The van der Waals surface area contributed by atoms with E-state index in [4.69, 9.17) is 5.11 Å². The molecule has 21 heavy (non-hydrogen) atoms. The van der Waals surface area contributed by atoms with E-state index in [0.717, 1.165) is 0 Å². The SMILES string of the molecule is O=C(O)C1=CC(c2ccc([N+](=O)[O-])cc2)n2ncnc2N1. The van der Waals surface area contributed by atoms with Gasteiger partial charge in [-0.25, -0.2) is 9.48 Å². The summed E-state index contributed by atoms with van der Waals surface area (Å²) in [4.78, 5) is 25.2. The van der Waals surface area contributed by atoms with Crippen molar-refractivity contribution in [1.29, 1.82) is 0 Å². The molecule has 1 unspecified atom stereocenters. The molecule has 0 saturated heterocycles. The van der Waals surface area contributed by atoms with Gasteiger partial charge in [0.15, 0.2) is 0 Å². The lowest BCUT2D eigenvalue weighted by atomic mass is 10.0. The third-order valence-corrected chi connectivity index (χ3v) is 3.08. The van der Waals surface area contributed by atoms with Gasteiger partial charge in [-0.1, -0.05) is 0 Å². The van der Waals surface area contributed by atoms with Crippen LogP contribution in [0.3, 0.4) is 0 Å². The zero-order chi connectivity index (χ0) is 15.0. The minimum absolute atomic E-state index is 0.0150. The number of nitro groups is 1.